The number of carbonyl (C=O) groups excluding carboxylic acids is 1. The summed E-state index contributed by atoms with van der Waals surface area (Å²) in [6.07, 6.45) is 5.44. The van der Waals surface area contributed by atoms with Gasteiger partial charge in [0.05, 0.1) is 23.4 Å². The molecule has 0 aromatic carbocycles. The van der Waals surface area contributed by atoms with E-state index in [1.807, 2.05) is 31.3 Å². The first-order valence-electron chi connectivity index (χ1n) is 7.72. The summed E-state index contributed by atoms with van der Waals surface area (Å²) in [7, 11) is 3.58. The molecule has 1 fully saturated rings. The largest absolute Gasteiger partial charge is 0.351 e. The number of aromatic nitrogens is 3. The van der Waals surface area contributed by atoms with Crippen LogP contribution in [0.2, 0.25) is 0 Å². The van der Waals surface area contributed by atoms with Crippen LogP contribution in [0.3, 0.4) is 0 Å². The molecule has 128 valence electrons. The van der Waals surface area contributed by atoms with Gasteiger partial charge in [0.2, 0.25) is 5.91 Å². The fourth-order valence-electron chi connectivity index (χ4n) is 2.66. The molecule has 24 heavy (non-hydrogen) atoms. The Morgan fingerprint density at radius 2 is 2.25 bits per heavy atom. The standard InChI is InChI=1S/C15H21N7OS/c1-11-17-7-13(24-11)8-18-15(16-2)21-4-5-22(14(23)10-21)12-6-19-20(3)9-12/h6-7,9H,4-5,8,10H2,1-3H3,(H,16,18). The molecule has 3 rings (SSSR count). The van der Waals surface area contributed by atoms with Gasteiger partial charge in [-0.3, -0.25) is 14.5 Å². The first-order valence-corrected chi connectivity index (χ1v) is 8.54. The number of hydrogen-bond donors (Lipinski definition) is 1. The average molecular weight is 347 g/mol. The molecule has 1 aliphatic heterocycles. The Bertz CT molecular complexity index is 751. The summed E-state index contributed by atoms with van der Waals surface area (Å²) in [5, 5.41) is 8.48. The van der Waals surface area contributed by atoms with Crippen LogP contribution in [0.15, 0.2) is 23.6 Å². The third-order valence-corrected chi connectivity index (χ3v) is 4.74. The summed E-state index contributed by atoms with van der Waals surface area (Å²) in [6.45, 7) is 4.29. The number of carbonyl (C=O) groups is 1. The van der Waals surface area contributed by atoms with Gasteiger partial charge in [-0.25, -0.2) is 4.98 Å². The van der Waals surface area contributed by atoms with E-state index in [4.69, 9.17) is 0 Å². The monoisotopic (exact) mass is 347 g/mol. The van der Waals surface area contributed by atoms with Gasteiger partial charge < -0.3 is 15.1 Å². The average Bonchev–Trinajstić information content (AvgIpc) is 3.16. The van der Waals surface area contributed by atoms with Crippen molar-refractivity contribution in [3.8, 4) is 0 Å². The van der Waals surface area contributed by atoms with Gasteiger partial charge in [-0.05, 0) is 6.92 Å². The maximum atomic E-state index is 12.5. The molecule has 8 nitrogen and oxygen atoms in total. The minimum absolute atomic E-state index is 0.0471. The zero-order valence-corrected chi connectivity index (χ0v) is 14.9. The smallest absolute Gasteiger partial charge is 0.246 e. The molecule has 2 aromatic heterocycles. The zero-order valence-electron chi connectivity index (χ0n) is 14.1. The molecule has 1 amide bonds. The van der Waals surface area contributed by atoms with Crippen molar-refractivity contribution in [2.75, 3.05) is 31.6 Å². The zero-order chi connectivity index (χ0) is 17.1. The highest BCUT2D eigenvalue weighted by atomic mass is 32.1. The van der Waals surface area contributed by atoms with Gasteiger partial charge in [-0.1, -0.05) is 0 Å². The Morgan fingerprint density at radius 3 is 2.83 bits per heavy atom. The quantitative estimate of drug-likeness (QED) is 0.650. The SMILES string of the molecule is CN=C(NCc1cnc(C)s1)N1CCN(c2cnn(C)c2)C(=O)C1. The topological polar surface area (TPSA) is 78.7 Å². The van der Waals surface area contributed by atoms with Crippen LogP contribution in [-0.4, -0.2) is 58.2 Å². The molecule has 0 aliphatic carbocycles. The van der Waals surface area contributed by atoms with E-state index in [0.29, 0.717) is 19.6 Å². The molecule has 0 atom stereocenters. The Morgan fingerprint density at radius 1 is 1.42 bits per heavy atom. The number of hydrogen-bond acceptors (Lipinski definition) is 5. The van der Waals surface area contributed by atoms with Crippen molar-refractivity contribution in [1.82, 2.24) is 25.0 Å². The maximum absolute atomic E-state index is 12.5. The predicted octanol–water partition coefficient (Wildman–Crippen LogP) is 0.609. The van der Waals surface area contributed by atoms with Crippen molar-refractivity contribution in [1.29, 1.82) is 0 Å². The van der Waals surface area contributed by atoms with Crippen LogP contribution in [0.25, 0.3) is 0 Å². The van der Waals surface area contributed by atoms with Crippen LogP contribution >= 0.6 is 11.3 Å². The molecule has 0 spiro atoms. The Balaban J connectivity index is 1.60. The lowest BCUT2D eigenvalue weighted by Crippen LogP contribution is -2.55. The summed E-state index contributed by atoms with van der Waals surface area (Å²) < 4.78 is 1.70. The number of amides is 1. The first-order chi connectivity index (χ1) is 11.6. The lowest BCUT2D eigenvalue weighted by Gasteiger charge is -2.35. The Labute approximate surface area is 144 Å². The highest BCUT2D eigenvalue weighted by Gasteiger charge is 2.27. The number of piperazine rings is 1. The number of anilines is 1. The summed E-state index contributed by atoms with van der Waals surface area (Å²) in [5.41, 5.74) is 0.838. The number of nitrogens with zero attached hydrogens (tertiary/aromatic N) is 6. The van der Waals surface area contributed by atoms with Crippen LogP contribution in [0.1, 0.15) is 9.88 Å². The van der Waals surface area contributed by atoms with Gasteiger partial charge in [0.15, 0.2) is 5.96 Å². The lowest BCUT2D eigenvalue weighted by molar-refractivity contribution is -0.120. The summed E-state index contributed by atoms with van der Waals surface area (Å²) >= 11 is 1.66. The minimum atomic E-state index is 0.0471. The van der Waals surface area contributed by atoms with Gasteiger partial charge in [0, 0.05) is 44.5 Å². The normalized spacial score (nSPS) is 16.0. The highest BCUT2D eigenvalue weighted by Crippen LogP contribution is 2.16. The number of guanidine groups is 1. The van der Waals surface area contributed by atoms with Gasteiger partial charge in [0.1, 0.15) is 6.54 Å². The second-order valence-electron chi connectivity index (χ2n) is 5.59. The molecule has 0 saturated carbocycles. The van der Waals surface area contributed by atoms with Crippen LogP contribution in [-0.2, 0) is 18.4 Å². The van der Waals surface area contributed by atoms with Crippen molar-refractivity contribution in [2.45, 2.75) is 13.5 Å². The summed E-state index contributed by atoms with van der Waals surface area (Å²) in [6, 6.07) is 0. The van der Waals surface area contributed by atoms with Crippen LogP contribution in [0.4, 0.5) is 5.69 Å². The molecule has 3 heterocycles. The van der Waals surface area contributed by atoms with E-state index in [2.05, 4.69) is 20.4 Å². The first kappa shape index (κ1) is 16.4. The lowest BCUT2D eigenvalue weighted by atomic mass is 10.3. The molecule has 0 radical (unpaired) electrons. The molecular formula is C15H21N7OS. The maximum Gasteiger partial charge on any atom is 0.246 e. The number of aryl methyl sites for hydroxylation is 2. The van der Waals surface area contributed by atoms with Crippen molar-refractivity contribution in [3.05, 3.63) is 28.5 Å². The van der Waals surface area contributed by atoms with Gasteiger partial charge >= 0.3 is 0 Å². The molecule has 1 aliphatic rings. The third kappa shape index (κ3) is 3.56. The van der Waals surface area contributed by atoms with E-state index in [0.717, 1.165) is 28.1 Å². The number of rotatable bonds is 3. The van der Waals surface area contributed by atoms with E-state index < -0.39 is 0 Å². The molecular weight excluding hydrogens is 326 g/mol. The van der Waals surface area contributed by atoms with Crippen molar-refractivity contribution in [2.24, 2.45) is 12.0 Å². The molecule has 0 bridgehead atoms. The van der Waals surface area contributed by atoms with E-state index in [1.54, 1.807) is 34.2 Å². The van der Waals surface area contributed by atoms with Gasteiger partial charge in [-0.2, -0.15) is 5.10 Å². The van der Waals surface area contributed by atoms with Crippen LogP contribution in [0, 0.1) is 6.92 Å². The van der Waals surface area contributed by atoms with Crippen molar-refractivity contribution in [3.63, 3.8) is 0 Å². The van der Waals surface area contributed by atoms with Gasteiger partial charge in [0.25, 0.3) is 0 Å². The van der Waals surface area contributed by atoms with E-state index in [-0.39, 0.29) is 5.91 Å². The third-order valence-electron chi connectivity index (χ3n) is 3.82. The fourth-order valence-corrected chi connectivity index (χ4v) is 3.39. The van der Waals surface area contributed by atoms with Crippen LogP contribution in [0.5, 0.6) is 0 Å². The van der Waals surface area contributed by atoms with E-state index in [9.17, 15) is 4.79 Å². The van der Waals surface area contributed by atoms with Gasteiger partial charge in [-0.15, -0.1) is 11.3 Å². The fraction of sp³-hybridized carbons (Fsp3) is 0.467. The Hall–Kier alpha value is -2.42. The number of thiazole rings is 1. The van der Waals surface area contributed by atoms with E-state index >= 15 is 0 Å². The van der Waals surface area contributed by atoms with Crippen molar-refractivity contribution < 1.29 is 4.79 Å². The number of nitrogens with one attached hydrogen (secondary N) is 1. The molecule has 0 unspecified atom stereocenters. The van der Waals surface area contributed by atoms with Crippen molar-refractivity contribution >= 4 is 28.9 Å². The minimum Gasteiger partial charge on any atom is -0.351 e. The summed E-state index contributed by atoms with van der Waals surface area (Å²) in [5.74, 6) is 0.783. The second kappa shape index (κ2) is 7.00. The highest BCUT2D eigenvalue weighted by molar-refractivity contribution is 7.11. The second-order valence-corrected chi connectivity index (χ2v) is 6.90. The van der Waals surface area contributed by atoms with E-state index in [1.165, 1.54) is 0 Å². The summed E-state index contributed by atoms with van der Waals surface area (Å²) in [4.78, 5) is 25.9. The van der Waals surface area contributed by atoms with Crippen LogP contribution < -0.4 is 10.2 Å². The molecule has 1 saturated heterocycles. The predicted molar refractivity (Wildman–Crippen MR) is 94.2 cm³/mol. The molecule has 2 aromatic rings. The molecule has 9 heteroatoms. The number of aliphatic imine (C=N–C) groups is 1. The Kier molecular flexibility index (Phi) is 4.79. The molecule has 1 N–H and O–H groups in total.